The molecule has 11 nitrogen and oxygen atoms in total. The highest BCUT2D eigenvalue weighted by molar-refractivity contribution is 5.95. The number of fused-ring (bicyclic) bond motifs is 16. The highest BCUT2D eigenvalue weighted by Crippen LogP contribution is 2.20. The zero-order chi connectivity index (χ0) is 40.1. The Balaban J connectivity index is 1.34. The minimum absolute atomic E-state index is 0.0421. The number of ether oxygens (including phenoxy) is 1. The first-order valence-corrected chi connectivity index (χ1v) is 19.0. The van der Waals surface area contributed by atoms with Gasteiger partial charge in [-0.3, -0.25) is 19.2 Å². The molecule has 5 aromatic rings. The highest BCUT2D eigenvalue weighted by atomic mass is 16.5. The summed E-state index contributed by atoms with van der Waals surface area (Å²) >= 11 is 0. The summed E-state index contributed by atoms with van der Waals surface area (Å²) in [7, 11) is 0. The van der Waals surface area contributed by atoms with Crippen LogP contribution in [-0.2, 0) is 49.7 Å². The summed E-state index contributed by atoms with van der Waals surface area (Å²) < 4.78 is 5.72. The topological polar surface area (TPSA) is 163 Å². The Hall–Kier alpha value is -6.75. The lowest BCUT2D eigenvalue weighted by molar-refractivity contribution is -0.142. The fourth-order valence-corrected chi connectivity index (χ4v) is 6.66. The van der Waals surface area contributed by atoms with E-state index in [0.29, 0.717) is 17.7 Å². The lowest BCUT2D eigenvalue weighted by Crippen LogP contribution is -2.59. The SMILES string of the molecule is Cc1ccc(C[C@@H]2NC(=O)COc3ccc(cc3)C[C@@H](C(=O)O)NC(=O)[C@H](CCc3ccccc3)NC(=O)[C@@H](Cc3ccc(-c4ccccc4)cc3)NC2=O)cc1. The Kier molecular flexibility index (Phi) is 13.5. The van der Waals surface area contributed by atoms with Gasteiger partial charge in [0.05, 0.1) is 0 Å². The molecule has 0 unspecified atom stereocenters. The molecule has 57 heavy (non-hydrogen) atoms. The maximum absolute atomic E-state index is 14.4. The van der Waals surface area contributed by atoms with E-state index in [4.69, 9.17) is 4.74 Å². The van der Waals surface area contributed by atoms with Crippen molar-refractivity contribution in [2.24, 2.45) is 0 Å². The van der Waals surface area contributed by atoms with Gasteiger partial charge in [-0.25, -0.2) is 4.79 Å². The Morgan fingerprint density at radius 3 is 1.74 bits per heavy atom. The molecule has 5 N–H and O–H groups in total. The van der Waals surface area contributed by atoms with E-state index >= 15 is 0 Å². The van der Waals surface area contributed by atoms with Crippen molar-refractivity contribution in [3.63, 3.8) is 0 Å². The van der Waals surface area contributed by atoms with Crippen molar-refractivity contribution in [2.75, 3.05) is 6.61 Å². The minimum atomic E-state index is -1.31. The quantitative estimate of drug-likeness (QED) is 0.136. The summed E-state index contributed by atoms with van der Waals surface area (Å²) in [6.07, 6.45) is 0.699. The molecule has 0 spiro atoms. The molecule has 0 radical (unpaired) electrons. The monoisotopic (exact) mass is 766 g/mol. The molecule has 0 saturated carbocycles. The molecule has 4 atom stereocenters. The second kappa shape index (κ2) is 19.2. The molecular weight excluding hydrogens is 721 g/mol. The van der Waals surface area contributed by atoms with Crippen molar-refractivity contribution in [1.82, 2.24) is 21.3 Å². The van der Waals surface area contributed by atoms with Crippen LogP contribution in [0.2, 0.25) is 0 Å². The number of aryl methyl sites for hydroxylation is 2. The van der Waals surface area contributed by atoms with Crippen LogP contribution in [0.3, 0.4) is 0 Å². The van der Waals surface area contributed by atoms with Gasteiger partial charge in [0.25, 0.3) is 5.91 Å². The van der Waals surface area contributed by atoms with E-state index in [-0.39, 0.29) is 25.7 Å². The lowest BCUT2D eigenvalue weighted by Gasteiger charge is -2.26. The number of rotatable bonds is 9. The third kappa shape index (κ3) is 11.6. The largest absolute Gasteiger partial charge is 0.484 e. The summed E-state index contributed by atoms with van der Waals surface area (Å²) in [6.45, 7) is 1.55. The smallest absolute Gasteiger partial charge is 0.326 e. The molecule has 2 aliphatic rings. The second-order valence-corrected chi connectivity index (χ2v) is 14.3. The van der Waals surface area contributed by atoms with Gasteiger partial charge in [0.15, 0.2) is 6.61 Å². The summed E-state index contributed by atoms with van der Waals surface area (Å²) in [4.78, 5) is 68.3. The van der Waals surface area contributed by atoms with Crippen LogP contribution in [-0.4, -0.2) is 65.5 Å². The first-order chi connectivity index (χ1) is 27.6. The van der Waals surface area contributed by atoms with E-state index in [1.54, 1.807) is 24.3 Å². The third-order valence-corrected chi connectivity index (χ3v) is 9.89. The predicted molar refractivity (Wildman–Crippen MR) is 216 cm³/mol. The summed E-state index contributed by atoms with van der Waals surface area (Å²) in [6, 6.07) is 36.2. The molecule has 5 aromatic carbocycles. The van der Waals surface area contributed by atoms with Crippen LogP contribution in [0.5, 0.6) is 5.75 Å². The molecule has 4 amide bonds. The fourth-order valence-electron chi connectivity index (χ4n) is 6.66. The number of nitrogens with one attached hydrogen (secondary N) is 4. The standard InChI is InChI=1S/C46H46N4O7/c1-30-12-14-32(15-13-30)26-39-44(53)49-40(27-33-16-21-36(22-17-33)35-10-6-3-7-11-35)45(54)48-38(25-20-31-8-4-2-5-9-31)43(52)50-41(46(55)56)28-34-18-23-37(24-19-34)57-29-42(51)47-39/h2-19,21-24,38-41H,20,25-29H2,1H3,(H,47,51)(H,48,54)(H,49,53)(H,50,52)(H,55,56)/t38-,39-,40+,41-/m0/s1. The molecule has 7 rings (SSSR count). The van der Waals surface area contributed by atoms with Crippen molar-refractivity contribution >= 4 is 29.6 Å². The van der Waals surface area contributed by atoms with Crippen LogP contribution in [0.4, 0.5) is 0 Å². The van der Waals surface area contributed by atoms with Crippen molar-refractivity contribution in [1.29, 1.82) is 0 Å². The van der Waals surface area contributed by atoms with Crippen LogP contribution < -0.4 is 26.0 Å². The number of amides is 4. The highest BCUT2D eigenvalue weighted by Gasteiger charge is 2.32. The Labute approximate surface area is 331 Å². The zero-order valence-electron chi connectivity index (χ0n) is 31.7. The number of aliphatic carboxylic acids is 1. The van der Waals surface area contributed by atoms with Gasteiger partial charge in [0.1, 0.15) is 29.9 Å². The molecule has 2 heterocycles. The van der Waals surface area contributed by atoms with Gasteiger partial charge in [-0.2, -0.15) is 0 Å². The van der Waals surface area contributed by atoms with Gasteiger partial charge in [0.2, 0.25) is 17.7 Å². The van der Waals surface area contributed by atoms with Crippen LogP contribution in [0.1, 0.15) is 34.2 Å². The van der Waals surface area contributed by atoms with E-state index in [0.717, 1.165) is 33.4 Å². The van der Waals surface area contributed by atoms with Crippen molar-refractivity contribution in [3.8, 4) is 16.9 Å². The number of carboxylic acid groups (broad SMARTS) is 1. The second-order valence-electron chi connectivity index (χ2n) is 14.3. The number of carbonyl (C=O) groups excluding carboxylic acids is 4. The normalized spacial score (nSPS) is 19.4. The number of carboxylic acids is 1. The first-order valence-electron chi connectivity index (χ1n) is 19.0. The number of carbonyl (C=O) groups is 5. The summed E-state index contributed by atoms with van der Waals surface area (Å²) in [5, 5.41) is 21.3. The average Bonchev–Trinajstić information content (AvgIpc) is 3.22. The third-order valence-electron chi connectivity index (χ3n) is 9.89. The Morgan fingerprint density at radius 2 is 1.12 bits per heavy atom. The van der Waals surface area contributed by atoms with Crippen LogP contribution in [0, 0.1) is 6.92 Å². The van der Waals surface area contributed by atoms with E-state index in [9.17, 15) is 29.1 Å². The maximum Gasteiger partial charge on any atom is 0.326 e. The number of hydrogen-bond acceptors (Lipinski definition) is 6. The number of benzene rings is 5. The molecule has 292 valence electrons. The van der Waals surface area contributed by atoms with Crippen molar-refractivity contribution in [3.05, 3.63) is 161 Å². The zero-order valence-corrected chi connectivity index (χ0v) is 31.7. The van der Waals surface area contributed by atoms with Gasteiger partial charge in [0, 0.05) is 19.3 Å². The van der Waals surface area contributed by atoms with E-state index < -0.39 is 60.4 Å². The Morgan fingerprint density at radius 1 is 0.596 bits per heavy atom. The summed E-state index contributed by atoms with van der Waals surface area (Å²) in [5.41, 5.74) is 6.07. The van der Waals surface area contributed by atoms with Crippen molar-refractivity contribution < 1.29 is 33.8 Å². The maximum atomic E-state index is 14.4. The first kappa shape index (κ1) is 39.9. The van der Waals surface area contributed by atoms with Crippen molar-refractivity contribution in [2.45, 2.75) is 63.2 Å². The van der Waals surface area contributed by atoms with E-state index in [2.05, 4.69) is 21.3 Å². The Bertz CT molecular complexity index is 2140. The van der Waals surface area contributed by atoms with Gasteiger partial charge in [-0.15, -0.1) is 0 Å². The molecule has 0 saturated heterocycles. The van der Waals surface area contributed by atoms with Gasteiger partial charge in [-0.1, -0.05) is 127 Å². The van der Waals surface area contributed by atoms with E-state index in [1.165, 1.54) is 0 Å². The van der Waals surface area contributed by atoms with Crippen LogP contribution in [0.15, 0.2) is 133 Å². The summed E-state index contributed by atoms with van der Waals surface area (Å²) in [5.74, 6) is -3.37. The minimum Gasteiger partial charge on any atom is -0.484 e. The molecule has 2 aliphatic heterocycles. The van der Waals surface area contributed by atoms with Crippen LogP contribution >= 0.6 is 0 Å². The molecule has 11 heteroatoms. The molecule has 0 aromatic heterocycles. The predicted octanol–water partition coefficient (Wildman–Crippen LogP) is 4.74. The van der Waals surface area contributed by atoms with Gasteiger partial charge >= 0.3 is 5.97 Å². The lowest BCUT2D eigenvalue weighted by atomic mass is 9.98. The molecule has 0 aliphatic carbocycles. The molecular formula is C46H46N4O7. The number of hydrogen-bond donors (Lipinski definition) is 5. The fraction of sp³-hybridized carbons (Fsp3) is 0.239. The van der Waals surface area contributed by atoms with Crippen LogP contribution in [0.25, 0.3) is 11.1 Å². The molecule has 2 bridgehead atoms. The van der Waals surface area contributed by atoms with Gasteiger partial charge in [-0.05, 0) is 65.3 Å². The van der Waals surface area contributed by atoms with E-state index in [1.807, 2.05) is 116 Å². The van der Waals surface area contributed by atoms with Gasteiger partial charge < -0.3 is 31.1 Å². The average molecular weight is 767 g/mol. The molecule has 0 fully saturated rings.